The van der Waals surface area contributed by atoms with Gasteiger partial charge in [-0.3, -0.25) is 9.59 Å². The minimum Gasteiger partial charge on any atom is -0.496 e. The Balaban J connectivity index is 1.58. The first-order valence-corrected chi connectivity index (χ1v) is 11.4. The van der Waals surface area contributed by atoms with Gasteiger partial charge < -0.3 is 20.3 Å². The molecule has 0 atom stereocenters. The molecule has 0 radical (unpaired) electrons. The molecule has 2 aliphatic heterocycles. The van der Waals surface area contributed by atoms with E-state index in [1.165, 1.54) is 0 Å². The number of imide groups is 1. The molecule has 0 bridgehead atoms. The van der Waals surface area contributed by atoms with Gasteiger partial charge in [-0.1, -0.05) is 17.7 Å². The van der Waals surface area contributed by atoms with Crippen molar-refractivity contribution in [1.82, 2.24) is 10.2 Å². The topological polar surface area (TPSA) is 91.0 Å². The highest BCUT2D eigenvalue weighted by Gasteiger charge is 2.35. The number of nitrogens with one attached hydrogen (secondary N) is 2. The smallest absolute Gasteiger partial charge is 0.329 e. The van der Waals surface area contributed by atoms with Crippen LogP contribution in [0, 0.1) is 0 Å². The van der Waals surface area contributed by atoms with Gasteiger partial charge in [-0.2, -0.15) is 0 Å². The lowest BCUT2D eigenvalue weighted by molar-refractivity contribution is -0.127. The molecule has 2 heterocycles. The van der Waals surface area contributed by atoms with Crippen molar-refractivity contribution in [2.24, 2.45) is 0 Å². The summed E-state index contributed by atoms with van der Waals surface area (Å²) in [4.78, 5) is 40.9. The maximum Gasteiger partial charge on any atom is 0.329 e. The van der Waals surface area contributed by atoms with E-state index in [2.05, 4.69) is 35.5 Å². The van der Waals surface area contributed by atoms with E-state index < -0.39 is 24.4 Å². The molecular formula is C26H27ClN4O4. The Kier molecular flexibility index (Phi) is 6.34. The van der Waals surface area contributed by atoms with Crippen LogP contribution in [0.15, 0.2) is 48.2 Å². The number of ether oxygens (including phenoxy) is 1. The first-order valence-electron chi connectivity index (χ1n) is 11.1. The third-order valence-corrected chi connectivity index (χ3v) is 6.51. The van der Waals surface area contributed by atoms with E-state index in [1.54, 1.807) is 37.5 Å². The second kappa shape index (κ2) is 9.11. The predicted octanol–water partition coefficient (Wildman–Crippen LogP) is 4.51. The van der Waals surface area contributed by atoms with E-state index in [0.717, 1.165) is 21.7 Å². The van der Waals surface area contributed by atoms with E-state index in [-0.39, 0.29) is 11.2 Å². The third kappa shape index (κ3) is 4.74. The lowest BCUT2D eigenvalue weighted by Gasteiger charge is -2.41. The molecule has 1 saturated heterocycles. The Morgan fingerprint density at radius 3 is 2.54 bits per heavy atom. The lowest BCUT2D eigenvalue weighted by Crippen LogP contribution is -2.42. The zero-order chi connectivity index (χ0) is 25.5. The summed E-state index contributed by atoms with van der Waals surface area (Å²) >= 11 is 5.86. The molecule has 182 valence electrons. The maximum absolute atomic E-state index is 13.0. The van der Waals surface area contributed by atoms with Crippen LogP contribution in [0.4, 0.5) is 16.2 Å². The summed E-state index contributed by atoms with van der Waals surface area (Å²) in [5, 5.41) is 5.74. The fourth-order valence-corrected chi connectivity index (χ4v) is 4.36. The van der Waals surface area contributed by atoms with Gasteiger partial charge >= 0.3 is 6.03 Å². The van der Waals surface area contributed by atoms with Crippen LogP contribution in [-0.2, 0) is 9.59 Å². The summed E-state index contributed by atoms with van der Waals surface area (Å²) in [6.07, 6.45) is 3.76. The molecule has 35 heavy (non-hydrogen) atoms. The van der Waals surface area contributed by atoms with Gasteiger partial charge in [0.1, 0.15) is 18.0 Å². The molecule has 0 unspecified atom stereocenters. The number of halogens is 1. The number of anilines is 2. The molecule has 8 nitrogen and oxygen atoms in total. The quantitative estimate of drug-likeness (QED) is 0.471. The number of allylic oxidation sites excluding steroid dienone is 1. The molecule has 1 fully saturated rings. The highest BCUT2D eigenvalue weighted by Crippen LogP contribution is 2.41. The average Bonchev–Trinajstić information content (AvgIpc) is 3.06. The van der Waals surface area contributed by atoms with Crippen LogP contribution < -0.4 is 20.3 Å². The Labute approximate surface area is 209 Å². The minimum absolute atomic E-state index is 0.0682. The largest absolute Gasteiger partial charge is 0.496 e. The number of hydrogen-bond acceptors (Lipinski definition) is 5. The third-order valence-electron chi connectivity index (χ3n) is 6.26. The highest BCUT2D eigenvalue weighted by atomic mass is 35.5. The average molecular weight is 495 g/mol. The zero-order valence-electron chi connectivity index (χ0n) is 20.2. The molecule has 2 aromatic rings. The predicted molar refractivity (Wildman–Crippen MR) is 137 cm³/mol. The maximum atomic E-state index is 13.0. The standard InChI is InChI=1S/C26H27ClN4O4/c1-15-13-26(2,3)30(4)21-12-22(35-5)16(10-19(15)21)11-20-24(33)31(25(34)29-20)14-23(32)28-18-8-6-17(27)7-9-18/h6-13H,14H2,1-5H3,(H,28,32)(H,29,34)/b20-11+. The number of fused-ring (bicyclic) bond motifs is 1. The van der Waals surface area contributed by atoms with Crippen LogP contribution in [-0.4, -0.2) is 49.0 Å². The summed E-state index contributed by atoms with van der Waals surface area (Å²) in [7, 11) is 3.58. The first kappa shape index (κ1) is 24.3. The van der Waals surface area contributed by atoms with Crippen molar-refractivity contribution in [1.29, 1.82) is 0 Å². The van der Waals surface area contributed by atoms with Gasteiger partial charge in [-0.15, -0.1) is 0 Å². The van der Waals surface area contributed by atoms with Gasteiger partial charge in [0.2, 0.25) is 5.91 Å². The van der Waals surface area contributed by atoms with Crippen LogP contribution >= 0.6 is 11.6 Å². The number of carbonyl (C=O) groups is 3. The Morgan fingerprint density at radius 2 is 1.89 bits per heavy atom. The fourth-order valence-electron chi connectivity index (χ4n) is 4.23. The molecule has 0 spiro atoms. The van der Waals surface area contributed by atoms with Crippen molar-refractivity contribution >= 4 is 52.5 Å². The Bertz CT molecular complexity index is 1280. The van der Waals surface area contributed by atoms with Crippen molar-refractivity contribution in [3.05, 3.63) is 64.3 Å². The van der Waals surface area contributed by atoms with Gasteiger partial charge in [0.25, 0.3) is 5.91 Å². The molecule has 2 aliphatic rings. The number of likely N-dealkylation sites (N-methyl/N-ethyl adjacent to an activating group) is 1. The molecule has 0 saturated carbocycles. The number of benzene rings is 2. The second-order valence-corrected chi connectivity index (χ2v) is 9.52. The molecule has 2 aromatic carbocycles. The van der Waals surface area contributed by atoms with Gasteiger partial charge in [0.15, 0.2) is 0 Å². The summed E-state index contributed by atoms with van der Waals surface area (Å²) in [6, 6.07) is 9.73. The SMILES string of the molecule is COc1cc2c(cc1/C=C1/NC(=O)N(CC(=O)Nc3ccc(Cl)cc3)C1=O)C(C)=CC(C)(C)N2C. The number of amides is 4. The van der Waals surface area contributed by atoms with Crippen LogP contribution in [0.2, 0.25) is 5.02 Å². The number of urea groups is 1. The van der Waals surface area contributed by atoms with E-state index in [4.69, 9.17) is 16.3 Å². The highest BCUT2D eigenvalue weighted by molar-refractivity contribution is 6.30. The van der Waals surface area contributed by atoms with E-state index in [0.29, 0.717) is 22.0 Å². The molecule has 2 N–H and O–H groups in total. The first-order chi connectivity index (χ1) is 16.5. The second-order valence-electron chi connectivity index (χ2n) is 9.09. The minimum atomic E-state index is -0.665. The number of hydrogen-bond donors (Lipinski definition) is 2. The Hall–Kier alpha value is -3.78. The summed E-state index contributed by atoms with van der Waals surface area (Å²) < 4.78 is 5.60. The molecular weight excluding hydrogens is 468 g/mol. The van der Waals surface area contributed by atoms with Crippen LogP contribution in [0.5, 0.6) is 5.75 Å². The van der Waals surface area contributed by atoms with Gasteiger partial charge in [0.05, 0.1) is 12.6 Å². The number of nitrogens with zero attached hydrogens (tertiary/aromatic N) is 2. The fraction of sp³-hybridized carbons (Fsp3) is 0.269. The van der Waals surface area contributed by atoms with Gasteiger partial charge in [-0.05, 0) is 62.8 Å². The summed E-state index contributed by atoms with van der Waals surface area (Å²) in [5.74, 6) is -0.532. The van der Waals surface area contributed by atoms with Crippen LogP contribution in [0.25, 0.3) is 11.6 Å². The normalized spacial score (nSPS) is 17.8. The summed E-state index contributed by atoms with van der Waals surface area (Å²) in [5.41, 5.74) is 4.18. The van der Waals surface area contributed by atoms with Crippen molar-refractivity contribution in [2.75, 3.05) is 30.9 Å². The van der Waals surface area contributed by atoms with Crippen molar-refractivity contribution in [3.63, 3.8) is 0 Å². The Morgan fingerprint density at radius 1 is 1.20 bits per heavy atom. The number of rotatable bonds is 5. The van der Waals surface area contributed by atoms with Crippen molar-refractivity contribution in [3.8, 4) is 5.75 Å². The van der Waals surface area contributed by atoms with Crippen LogP contribution in [0.1, 0.15) is 31.9 Å². The summed E-state index contributed by atoms with van der Waals surface area (Å²) in [6.45, 7) is 5.88. The van der Waals surface area contributed by atoms with E-state index in [9.17, 15) is 14.4 Å². The molecule has 0 aromatic heterocycles. The molecule has 4 amide bonds. The number of methoxy groups -OCH3 is 1. The van der Waals surface area contributed by atoms with Crippen molar-refractivity contribution < 1.29 is 19.1 Å². The van der Waals surface area contributed by atoms with Crippen LogP contribution in [0.3, 0.4) is 0 Å². The van der Waals surface area contributed by atoms with E-state index >= 15 is 0 Å². The van der Waals surface area contributed by atoms with Crippen molar-refractivity contribution in [2.45, 2.75) is 26.3 Å². The molecule has 9 heteroatoms. The number of carbonyl (C=O) groups excluding carboxylic acids is 3. The lowest BCUT2D eigenvalue weighted by atomic mass is 9.88. The van der Waals surface area contributed by atoms with Gasteiger partial charge in [-0.25, -0.2) is 9.69 Å². The zero-order valence-corrected chi connectivity index (χ0v) is 21.0. The molecule has 0 aliphatic carbocycles. The van der Waals surface area contributed by atoms with Gasteiger partial charge in [0, 0.05) is 40.6 Å². The molecule has 4 rings (SSSR count). The van der Waals surface area contributed by atoms with E-state index in [1.807, 2.05) is 26.1 Å². The monoisotopic (exact) mass is 494 g/mol.